The van der Waals surface area contributed by atoms with E-state index in [1.54, 1.807) is 12.1 Å². The molecule has 1 heterocycles. The number of hydrogen-bond donors (Lipinski definition) is 0. The van der Waals surface area contributed by atoms with Crippen molar-refractivity contribution in [2.24, 2.45) is 0 Å². The zero-order valence-electron chi connectivity index (χ0n) is 5.24. The van der Waals surface area contributed by atoms with Crippen LogP contribution in [0.4, 0.5) is 0 Å². The molecule has 0 aliphatic heterocycles. The maximum Gasteiger partial charge on any atom is 0.0983 e. The van der Waals surface area contributed by atoms with Gasteiger partial charge in [0.25, 0.3) is 0 Å². The first-order chi connectivity index (χ1) is 4.30. The second kappa shape index (κ2) is 4.75. The largest absolute Gasteiger partial charge is 0.662 e. The summed E-state index contributed by atoms with van der Waals surface area (Å²) in [5.74, 6) is -0.740. The average Bonchev–Trinajstić information content (AvgIpc) is 1.90. The summed E-state index contributed by atoms with van der Waals surface area (Å²) in [5.41, 5.74) is 6.81. The van der Waals surface area contributed by atoms with Crippen molar-refractivity contribution < 1.29 is 46.1 Å². The van der Waals surface area contributed by atoms with Gasteiger partial charge in [0.2, 0.25) is 0 Å². The Morgan fingerprint density at radius 3 is 2.50 bits per heavy atom. The van der Waals surface area contributed by atoms with Gasteiger partial charge in [0.05, 0.1) is 11.6 Å². The van der Waals surface area contributed by atoms with Crippen LogP contribution in [0.25, 0.3) is 5.73 Å². The van der Waals surface area contributed by atoms with Gasteiger partial charge in [-0.2, -0.15) is 0 Å². The molecule has 0 aromatic carbocycles. The third-order valence-corrected chi connectivity index (χ3v) is 0.898. The van der Waals surface area contributed by atoms with Gasteiger partial charge in [-0.25, -0.2) is 0 Å². The molecule has 0 aliphatic rings. The Bertz CT molecular complexity index is 212. The Kier molecular flexibility index (Phi) is 4.74. The normalized spacial score (nSPS) is 8.00. The van der Waals surface area contributed by atoms with Gasteiger partial charge >= 0.3 is 0 Å². The fourth-order valence-electron chi connectivity index (χ4n) is 0.497. The summed E-state index contributed by atoms with van der Waals surface area (Å²) in [4.78, 5) is 13.9. The Labute approximate surface area is 92.0 Å². The topological polar surface area (TPSA) is 53.8 Å². The molecule has 0 saturated heterocycles. The van der Waals surface area contributed by atoms with Crippen LogP contribution in [0, 0.1) is 41.3 Å². The van der Waals surface area contributed by atoms with Crippen molar-refractivity contribution in [3.63, 3.8) is 0 Å². The van der Waals surface area contributed by atoms with Gasteiger partial charge < -0.3 is 10.5 Å². The third-order valence-electron chi connectivity index (χ3n) is 0.898. The Morgan fingerprint density at radius 1 is 1.50 bits per heavy atom. The molecule has 1 N–H and O–H groups in total. The Morgan fingerprint density at radius 2 is 2.20 bits per heavy atom. The molecule has 0 unspecified atom stereocenters. The van der Waals surface area contributed by atoms with Crippen molar-refractivity contribution in [3.05, 3.63) is 35.8 Å². The molecule has 1 aromatic heterocycles. The summed E-state index contributed by atoms with van der Waals surface area (Å²) in [6.07, 6.45) is 1.49. The number of pyridine rings is 1. The monoisotopic (exact) mass is 262 g/mol. The Balaban J connectivity index is 0.000000810. The van der Waals surface area contributed by atoms with Crippen LogP contribution >= 0.6 is 0 Å². The van der Waals surface area contributed by atoms with Crippen molar-refractivity contribution in [1.82, 2.24) is 4.98 Å². The summed E-state index contributed by atoms with van der Waals surface area (Å²) in [6.45, 7) is 0. The summed E-state index contributed by atoms with van der Waals surface area (Å²) in [6, 6.07) is 4.89. The number of hydrogen-bond acceptors (Lipinski definition) is 2. The molecule has 0 saturated carbocycles. The van der Waals surface area contributed by atoms with Gasteiger partial charge in [-0.3, -0.25) is 4.98 Å². The molecule has 1 aromatic rings. The number of amides is 1. The van der Waals surface area contributed by atoms with Gasteiger partial charge in [-0.05, 0) is 12.1 Å². The van der Waals surface area contributed by atoms with E-state index in [1.807, 2.05) is 0 Å². The van der Waals surface area contributed by atoms with Crippen LogP contribution in [0.15, 0.2) is 24.4 Å². The zero-order valence-corrected chi connectivity index (χ0v) is 8.95. The average molecular weight is 262 g/mol. The molecular formula is C6H5N2OPr-. The second-order valence-corrected chi connectivity index (χ2v) is 1.54. The van der Waals surface area contributed by atoms with Crippen LogP contribution in [-0.4, -0.2) is 10.9 Å². The first kappa shape index (κ1) is 9.98. The van der Waals surface area contributed by atoms with Gasteiger partial charge in [0.15, 0.2) is 0 Å². The molecule has 0 spiro atoms. The van der Waals surface area contributed by atoms with Crippen molar-refractivity contribution in [2.75, 3.05) is 0 Å². The number of aromatic nitrogens is 1. The van der Waals surface area contributed by atoms with Gasteiger partial charge in [-0.1, -0.05) is 6.07 Å². The van der Waals surface area contributed by atoms with E-state index in [9.17, 15) is 4.79 Å². The summed E-state index contributed by atoms with van der Waals surface area (Å²) >= 11 is 0. The third kappa shape index (κ3) is 2.71. The van der Waals surface area contributed by atoms with E-state index in [4.69, 9.17) is 5.73 Å². The van der Waals surface area contributed by atoms with E-state index in [2.05, 4.69) is 4.98 Å². The number of nitrogens with one attached hydrogen (secondary N) is 1. The molecule has 0 atom stereocenters. The Hall–Kier alpha value is -0.0164. The second-order valence-electron chi connectivity index (χ2n) is 1.54. The molecule has 3 nitrogen and oxygen atoms in total. The summed E-state index contributed by atoms with van der Waals surface area (Å²) < 4.78 is 0. The van der Waals surface area contributed by atoms with Crippen molar-refractivity contribution >= 4 is 5.91 Å². The molecule has 10 heavy (non-hydrogen) atoms. The maximum absolute atomic E-state index is 10.2. The van der Waals surface area contributed by atoms with Crippen LogP contribution in [-0.2, 0) is 0 Å². The van der Waals surface area contributed by atoms with Crippen LogP contribution in [0.2, 0.25) is 0 Å². The van der Waals surface area contributed by atoms with Gasteiger partial charge in [0, 0.05) is 47.5 Å². The molecule has 0 aliphatic carbocycles. The van der Waals surface area contributed by atoms with E-state index in [1.165, 1.54) is 12.3 Å². The minimum atomic E-state index is -0.740. The van der Waals surface area contributed by atoms with Gasteiger partial charge in [-0.15, -0.1) is 0 Å². The van der Waals surface area contributed by atoms with Gasteiger partial charge in [0.1, 0.15) is 0 Å². The standard InChI is InChI=1S/C6H6N2O.Pr/c7-6(9)5-3-1-2-4-8-5;/h1-4H,(H2,7,9);/p-1. The molecule has 49 valence electrons. The zero-order chi connectivity index (χ0) is 6.69. The first-order valence-electron chi connectivity index (χ1n) is 2.47. The number of carbonyl (C=O) groups is 1. The molecule has 1 radical (unpaired) electrons. The van der Waals surface area contributed by atoms with E-state index in [-0.39, 0.29) is 47.0 Å². The quantitative estimate of drug-likeness (QED) is 0.765. The van der Waals surface area contributed by atoms with E-state index in [0.29, 0.717) is 0 Å². The predicted molar refractivity (Wildman–Crippen MR) is 32.9 cm³/mol. The molecule has 0 bridgehead atoms. The summed E-state index contributed by atoms with van der Waals surface area (Å²) in [5, 5.41) is 0. The number of rotatable bonds is 1. The van der Waals surface area contributed by atoms with Crippen LogP contribution in [0.5, 0.6) is 0 Å². The molecule has 0 fully saturated rings. The van der Waals surface area contributed by atoms with Crippen LogP contribution in [0.1, 0.15) is 10.5 Å². The fourth-order valence-corrected chi connectivity index (χ4v) is 0.497. The van der Waals surface area contributed by atoms with Crippen molar-refractivity contribution in [1.29, 1.82) is 0 Å². The SMILES string of the molecule is [NH-]C(=O)c1ccccn1.[Pr]. The summed E-state index contributed by atoms with van der Waals surface area (Å²) in [7, 11) is 0. The molecule has 4 heteroatoms. The van der Waals surface area contributed by atoms with Crippen molar-refractivity contribution in [2.45, 2.75) is 0 Å². The molecule has 1 amide bonds. The molecule has 1 rings (SSSR count). The van der Waals surface area contributed by atoms with E-state index < -0.39 is 5.91 Å². The van der Waals surface area contributed by atoms with Crippen molar-refractivity contribution in [3.8, 4) is 0 Å². The first-order valence-corrected chi connectivity index (χ1v) is 2.47. The smallest absolute Gasteiger partial charge is 0.0983 e. The fraction of sp³-hybridized carbons (Fsp3) is 0. The predicted octanol–water partition coefficient (Wildman–Crippen LogP) is 1.27. The van der Waals surface area contributed by atoms with Crippen LogP contribution < -0.4 is 0 Å². The van der Waals surface area contributed by atoms with E-state index in [0.717, 1.165) is 0 Å². The van der Waals surface area contributed by atoms with Crippen LogP contribution in [0.3, 0.4) is 0 Å². The minimum absolute atomic E-state index is 0. The number of nitrogens with zero attached hydrogens (tertiary/aromatic N) is 1. The maximum atomic E-state index is 10.2. The van der Waals surface area contributed by atoms with E-state index >= 15 is 0 Å². The number of carbonyl (C=O) groups excluding carboxylic acids is 1. The molecular weight excluding hydrogens is 257 g/mol. The minimum Gasteiger partial charge on any atom is -0.662 e.